The van der Waals surface area contributed by atoms with E-state index in [9.17, 15) is 18.0 Å². The highest BCUT2D eigenvalue weighted by molar-refractivity contribution is 5.95. The number of carbonyl (C=O) groups is 1. The molecule has 3 aromatic rings. The van der Waals surface area contributed by atoms with Crippen LogP contribution in [0.4, 0.5) is 13.2 Å². The van der Waals surface area contributed by atoms with E-state index in [1.54, 1.807) is 36.4 Å². The topological polar surface area (TPSA) is 56.1 Å². The first-order valence-corrected chi connectivity index (χ1v) is 9.45. The normalized spacial score (nSPS) is 11.1. The summed E-state index contributed by atoms with van der Waals surface area (Å²) in [5.41, 5.74) is 0.386. The molecule has 0 unspecified atom stereocenters. The van der Waals surface area contributed by atoms with Crippen LogP contribution in [-0.2, 0) is 12.6 Å². The highest BCUT2D eigenvalue weighted by atomic mass is 19.4. The van der Waals surface area contributed by atoms with Crippen LogP contribution in [0.3, 0.4) is 0 Å². The standard InChI is InChI=1S/C23H20F3N3O2/c1-3-14-31-19-10-6-17(7-11-19)12-13-27-22(30)20-15-28-29(21(20)23(24,25)26)18-8-4-16(2)5-9-18/h1,4-11,15H,12-14H2,2H3,(H,27,30). The summed E-state index contributed by atoms with van der Waals surface area (Å²) in [6.07, 6.45) is 1.77. The van der Waals surface area contributed by atoms with Gasteiger partial charge in [0, 0.05) is 6.54 Å². The van der Waals surface area contributed by atoms with Crippen molar-refractivity contribution in [1.82, 2.24) is 15.1 Å². The maximum absolute atomic E-state index is 13.7. The molecule has 0 spiro atoms. The Morgan fingerprint density at radius 3 is 2.45 bits per heavy atom. The number of nitrogens with zero attached hydrogens (tertiary/aromatic N) is 2. The Labute approximate surface area is 177 Å². The number of hydrogen-bond donors (Lipinski definition) is 1. The van der Waals surface area contributed by atoms with Crippen LogP contribution in [0.25, 0.3) is 5.69 Å². The molecule has 1 amide bonds. The van der Waals surface area contributed by atoms with E-state index in [-0.39, 0.29) is 18.8 Å². The fourth-order valence-electron chi connectivity index (χ4n) is 2.96. The predicted octanol–water partition coefficient (Wildman–Crippen LogP) is 4.18. The van der Waals surface area contributed by atoms with Gasteiger partial charge < -0.3 is 10.1 Å². The number of amides is 1. The maximum atomic E-state index is 13.7. The lowest BCUT2D eigenvalue weighted by Crippen LogP contribution is -2.28. The van der Waals surface area contributed by atoms with Crippen molar-refractivity contribution in [2.45, 2.75) is 19.5 Å². The largest absolute Gasteiger partial charge is 0.481 e. The van der Waals surface area contributed by atoms with E-state index in [0.717, 1.165) is 22.0 Å². The zero-order valence-corrected chi connectivity index (χ0v) is 16.7. The van der Waals surface area contributed by atoms with E-state index in [4.69, 9.17) is 11.2 Å². The van der Waals surface area contributed by atoms with Crippen molar-refractivity contribution in [3.05, 3.63) is 77.1 Å². The predicted molar refractivity (Wildman–Crippen MR) is 110 cm³/mol. The third-order valence-corrected chi connectivity index (χ3v) is 4.51. The molecule has 0 saturated heterocycles. The lowest BCUT2D eigenvalue weighted by atomic mass is 10.1. The lowest BCUT2D eigenvalue weighted by molar-refractivity contribution is -0.143. The van der Waals surface area contributed by atoms with Crippen molar-refractivity contribution in [3.63, 3.8) is 0 Å². The third kappa shape index (κ3) is 5.45. The molecule has 8 heteroatoms. The quantitative estimate of drug-likeness (QED) is 0.576. The number of nitrogens with one attached hydrogen (secondary N) is 1. The molecule has 0 radical (unpaired) electrons. The van der Waals surface area contributed by atoms with E-state index in [1.807, 2.05) is 6.92 Å². The lowest BCUT2D eigenvalue weighted by Gasteiger charge is -2.13. The molecule has 2 aromatic carbocycles. The van der Waals surface area contributed by atoms with Gasteiger partial charge in [0.05, 0.1) is 17.4 Å². The van der Waals surface area contributed by atoms with Gasteiger partial charge in [-0.05, 0) is 43.2 Å². The fourth-order valence-corrected chi connectivity index (χ4v) is 2.96. The van der Waals surface area contributed by atoms with Gasteiger partial charge in [-0.15, -0.1) is 6.42 Å². The molecule has 1 aromatic heterocycles. The van der Waals surface area contributed by atoms with E-state index < -0.39 is 23.3 Å². The van der Waals surface area contributed by atoms with Gasteiger partial charge in [0.15, 0.2) is 5.69 Å². The minimum absolute atomic E-state index is 0.160. The Morgan fingerprint density at radius 1 is 1.16 bits per heavy atom. The smallest absolute Gasteiger partial charge is 0.434 e. The van der Waals surface area contributed by atoms with Crippen LogP contribution in [0.15, 0.2) is 54.7 Å². The summed E-state index contributed by atoms with van der Waals surface area (Å²) in [4.78, 5) is 12.5. The van der Waals surface area contributed by atoms with Crippen LogP contribution in [0.2, 0.25) is 0 Å². The number of hydrogen-bond acceptors (Lipinski definition) is 3. The Morgan fingerprint density at radius 2 is 1.84 bits per heavy atom. The molecule has 0 bridgehead atoms. The molecule has 1 heterocycles. The van der Waals surface area contributed by atoms with E-state index >= 15 is 0 Å². The minimum Gasteiger partial charge on any atom is -0.481 e. The molecular weight excluding hydrogens is 407 g/mol. The second-order valence-electron chi connectivity index (χ2n) is 6.79. The molecule has 0 aliphatic rings. The number of aromatic nitrogens is 2. The molecule has 0 aliphatic heterocycles. The highest BCUT2D eigenvalue weighted by Crippen LogP contribution is 2.33. The SMILES string of the molecule is C#CCOc1ccc(CCNC(=O)c2cnn(-c3ccc(C)cc3)c2C(F)(F)F)cc1. The van der Waals surface area contributed by atoms with Gasteiger partial charge in [0.2, 0.25) is 0 Å². The van der Waals surface area contributed by atoms with Crippen LogP contribution in [0.1, 0.15) is 27.2 Å². The van der Waals surface area contributed by atoms with E-state index in [0.29, 0.717) is 12.2 Å². The average molecular weight is 427 g/mol. The van der Waals surface area contributed by atoms with E-state index in [1.165, 1.54) is 12.1 Å². The van der Waals surface area contributed by atoms with Crippen molar-refractivity contribution in [2.24, 2.45) is 0 Å². The molecule has 5 nitrogen and oxygen atoms in total. The van der Waals surface area contributed by atoms with Gasteiger partial charge in [-0.3, -0.25) is 4.79 Å². The van der Waals surface area contributed by atoms with Gasteiger partial charge in [-0.2, -0.15) is 18.3 Å². The van der Waals surface area contributed by atoms with Gasteiger partial charge in [-0.25, -0.2) is 4.68 Å². The van der Waals surface area contributed by atoms with Crippen molar-refractivity contribution >= 4 is 5.91 Å². The zero-order valence-electron chi connectivity index (χ0n) is 16.7. The van der Waals surface area contributed by atoms with Gasteiger partial charge in [-0.1, -0.05) is 35.7 Å². The summed E-state index contributed by atoms with van der Waals surface area (Å²) < 4.78 is 47.2. The number of ether oxygens (including phenoxy) is 1. The van der Waals surface area contributed by atoms with Crippen LogP contribution in [0.5, 0.6) is 5.75 Å². The summed E-state index contributed by atoms with van der Waals surface area (Å²) in [7, 11) is 0. The van der Waals surface area contributed by atoms with Crippen LogP contribution < -0.4 is 10.1 Å². The molecule has 3 rings (SSSR count). The molecular formula is C23H20F3N3O2. The van der Waals surface area contributed by atoms with Crippen LogP contribution in [-0.4, -0.2) is 28.8 Å². The molecule has 0 aliphatic carbocycles. The number of rotatable bonds is 7. The number of alkyl halides is 3. The second-order valence-corrected chi connectivity index (χ2v) is 6.79. The number of terminal acetylenes is 1. The molecule has 31 heavy (non-hydrogen) atoms. The Kier molecular flexibility index (Phi) is 6.65. The Hall–Kier alpha value is -3.73. The minimum atomic E-state index is -4.75. The van der Waals surface area contributed by atoms with Crippen molar-refractivity contribution in [2.75, 3.05) is 13.2 Å². The molecule has 160 valence electrons. The van der Waals surface area contributed by atoms with Gasteiger partial charge >= 0.3 is 6.18 Å². The van der Waals surface area contributed by atoms with Crippen molar-refractivity contribution < 1.29 is 22.7 Å². The average Bonchev–Trinajstić information content (AvgIpc) is 3.19. The van der Waals surface area contributed by atoms with Gasteiger partial charge in [0.25, 0.3) is 5.91 Å². The number of aryl methyl sites for hydroxylation is 1. The third-order valence-electron chi connectivity index (χ3n) is 4.51. The number of halogens is 3. The zero-order chi connectivity index (χ0) is 22.4. The first-order chi connectivity index (χ1) is 14.8. The van der Waals surface area contributed by atoms with Crippen molar-refractivity contribution in [1.29, 1.82) is 0 Å². The number of carbonyl (C=O) groups excluding carboxylic acids is 1. The maximum Gasteiger partial charge on any atom is 0.434 e. The monoisotopic (exact) mass is 427 g/mol. The van der Waals surface area contributed by atoms with Crippen LogP contribution >= 0.6 is 0 Å². The first-order valence-electron chi connectivity index (χ1n) is 9.45. The summed E-state index contributed by atoms with van der Waals surface area (Å²) in [5, 5.41) is 6.34. The summed E-state index contributed by atoms with van der Waals surface area (Å²) in [6.45, 7) is 2.15. The molecule has 0 fully saturated rings. The van der Waals surface area contributed by atoms with Crippen molar-refractivity contribution in [3.8, 4) is 23.8 Å². The summed E-state index contributed by atoms with van der Waals surface area (Å²) in [6, 6.07) is 13.5. The number of benzene rings is 2. The first kappa shape index (κ1) is 22.0. The molecule has 0 saturated carbocycles. The summed E-state index contributed by atoms with van der Waals surface area (Å²) in [5.74, 6) is 2.15. The Bertz CT molecular complexity index is 1080. The highest BCUT2D eigenvalue weighted by Gasteiger charge is 2.40. The fraction of sp³-hybridized carbons (Fsp3) is 0.217. The second kappa shape index (κ2) is 9.39. The van der Waals surface area contributed by atoms with Crippen LogP contribution in [0, 0.1) is 19.3 Å². The van der Waals surface area contributed by atoms with Gasteiger partial charge in [0.1, 0.15) is 12.4 Å². The van der Waals surface area contributed by atoms with E-state index in [2.05, 4.69) is 16.3 Å². The Balaban J connectivity index is 1.70. The molecule has 1 N–H and O–H groups in total. The summed E-state index contributed by atoms with van der Waals surface area (Å²) >= 11 is 0. The molecule has 0 atom stereocenters.